The van der Waals surface area contributed by atoms with Crippen LogP contribution in [0.5, 0.6) is 11.5 Å². The summed E-state index contributed by atoms with van der Waals surface area (Å²) in [4.78, 5) is 0. The van der Waals surface area contributed by atoms with Crippen LogP contribution < -0.4 is 4.74 Å². The van der Waals surface area contributed by atoms with Gasteiger partial charge in [0, 0.05) is 6.20 Å². The summed E-state index contributed by atoms with van der Waals surface area (Å²) in [5.41, 5.74) is 1.12. The molecule has 0 unspecified atom stereocenters. The smallest absolute Gasteiger partial charge is 0.416 e. The van der Waals surface area contributed by atoms with Crippen LogP contribution in [0.4, 0.5) is 13.2 Å². The van der Waals surface area contributed by atoms with E-state index in [9.17, 15) is 13.2 Å². The number of H-pyrrole nitrogens is 1. The lowest BCUT2D eigenvalue weighted by molar-refractivity contribution is -0.137. The van der Waals surface area contributed by atoms with Crippen LogP contribution in [-0.4, -0.2) is 10.2 Å². The van der Waals surface area contributed by atoms with Gasteiger partial charge in [-0.15, -0.1) is 0 Å². The molecule has 112 valence electrons. The third kappa shape index (κ3) is 3.11. The Morgan fingerprint density at radius 1 is 0.818 bits per heavy atom. The normalized spacial score (nSPS) is 11.4. The van der Waals surface area contributed by atoms with Crippen LogP contribution in [0, 0.1) is 0 Å². The van der Waals surface area contributed by atoms with Gasteiger partial charge in [-0.3, -0.25) is 5.10 Å². The molecule has 6 heteroatoms. The monoisotopic (exact) mass is 304 g/mol. The predicted octanol–water partition coefficient (Wildman–Crippen LogP) is 4.89. The standard InChI is InChI=1S/C16H11F3N2O/c17-16(18,19)12-3-7-14(8-4-12)22-13-5-1-11(2-6-13)15-9-10-20-21-15/h1-10H,(H,20,21). The molecule has 1 heterocycles. The lowest BCUT2D eigenvalue weighted by Crippen LogP contribution is -2.03. The molecule has 0 aliphatic carbocycles. The molecule has 1 N–H and O–H groups in total. The number of hydrogen-bond donors (Lipinski definition) is 1. The maximum absolute atomic E-state index is 12.5. The average molecular weight is 304 g/mol. The van der Waals surface area contributed by atoms with Crippen molar-refractivity contribution in [3.63, 3.8) is 0 Å². The van der Waals surface area contributed by atoms with Gasteiger partial charge in [-0.1, -0.05) is 0 Å². The Hall–Kier alpha value is -2.76. The van der Waals surface area contributed by atoms with Gasteiger partial charge in [-0.05, 0) is 60.2 Å². The van der Waals surface area contributed by atoms with Gasteiger partial charge in [0.05, 0.1) is 11.3 Å². The van der Waals surface area contributed by atoms with Gasteiger partial charge in [0.1, 0.15) is 11.5 Å². The fourth-order valence-electron chi connectivity index (χ4n) is 1.97. The minimum absolute atomic E-state index is 0.349. The van der Waals surface area contributed by atoms with Crippen molar-refractivity contribution in [1.29, 1.82) is 0 Å². The highest BCUT2D eigenvalue weighted by Gasteiger charge is 2.30. The van der Waals surface area contributed by atoms with Crippen LogP contribution in [0.2, 0.25) is 0 Å². The third-order valence-electron chi connectivity index (χ3n) is 3.08. The molecule has 3 rings (SSSR count). The van der Waals surface area contributed by atoms with Crippen molar-refractivity contribution in [1.82, 2.24) is 10.2 Å². The van der Waals surface area contributed by atoms with Crippen LogP contribution >= 0.6 is 0 Å². The zero-order valence-corrected chi connectivity index (χ0v) is 11.3. The summed E-state index contributed by atoms with van der Waals surface area (Å²) in [6.45, 7) is 0. The van der Waals surface area contributed by atoms with Crippen LogP contribution in [0.3, 0.4) is 0 Å². The van der Waals surface area contributed by atoms with Gasteiger partial charge >= 0.3 is 6.18 Å². The minimum Gasteiger partial charge on any atom is -0.457 e. The second-order valence-corrected chi connectivity index (χ2v) is 4.62. The topological polar surface area (TPSA) is 37.9 Å². The van der Waals surface area contributed by atoms with Gasteiger partial charge in [0.2, 0.25) is 0 Å². The van der Waals surface area contributed by atoms with E-state index >= 15 is 0 Å². The summed E-state index contributed by atoms with van der Waals surface area (Å²) in [6.07, 6.45) is -2.69. The number of nitrogens with zero attached hydrogens (tertiary/aromatic N) is 1. The first-order chi connectivity index (χ1) is 10.5. The number of ether oxygens (including phenoxy) is 1. The Kier molecular flexibility index (Phi) is 3.58. The Labute approximate surface area is 124 Å². The Morgan fingerprint density at radius 3 is 1.91 bits per heavy atom. The molecule has 0 saturated heterocycles. The van der Waals surface area contributed by atoms with Crippen molar-refractivity contribution >= 4 is 0 Å². The SMILES string of the molecule is FC(F)(F)c1ccc(Oc2ccc(-c3ccn[nH]3)cc2)cc1. The van der Waals surface area contributed by atoms with Crippen LogP contribution in [-0.2, 0) is 6.18 Å². The number of halogens is 3. The Morgan fingerprint density at radius 2 is 1.41 bits per heavy atom. The van der Waals surface area contributed by atoms with E-state index in [4.69, 9.17) is 4.74 Å². The summed E-state index contributed by atoms with van der Waals surface area (Å²) in [5, 5.41) is 6.71. The van der Waals surface area contributed by atoms with E-state index in [0.717, 1.165) is 23.4 Å². The first-order valence-corrected chi connectivity index (χ1v) is 6.47. The maximum Gasteiger partial charge on any atom is 0.416 e. The first kappa shape index (κ1) is 14.2. The molecule has 0 bridgehead atoms. The second kappa shape index (κ2) is 5.55. The molecule has 0 spiro atoms. The van der Waals surface area contributed by atoms with Crippen LogP contribution in [0.25, 0.3) is 11.3 Å². The average Bonchev–Trinajstić information content (AvgIpc) is 3.02. The maximum atomic E-state index is 12.5. The van der Waals surface area contributed by atoms with Crippen molar-refractivity contribution in [3.8, 4) is 22.8 Å². The lowest BCUT2D eigenvalue weighted by Gasteiger charge is -2.09. The molecular weight excluding hydrogens is 293 g/mol. The van der Waals surface area contributed by atoms with Gasteiger partial charge in [0.25, 0.3) is 0 Å². The van der Waals surface area contributed by atoms with Crippen molar-refractivity contribution in [3.05, 3.63) is 66.4 Å². The molecule has 2 aromatic carbocycles. The van der Waals surface area contributed by atoms with E-state index in [2.05, 4.69) is 10.2 Å². The largest absolute Gasteiger partial charge is 0.457 e. The van der Waals surface area contributed by atoms with Crippen molar-refractivity contribution < 1.29 is 17.9 Å². The summed E-state index contributed by atoms with van der Waals surface area (Å²) in [7, 11) is 0. The highest BCUT2D eigenvalue weighted by atomic mass is 19.4. The fraction of sp³-hybridized carbons (Fsp3) is 0.0625. The molecule has 0 fully saturated rings. The Balaban J connectivity index is 1.73. The summed E-state index contributed by atoms with van der Waals surface area (Å²) in [5.74, 6) is 0.894. The van der Waals surface area contributed by atoms with E-state index in [-0.39, 0.29) is 0 Å². The van der Waals surface area contributed by atoms with E-state index in [1.54, 1.807) is 18.3 Å². The zero-order valence-electron chi connectivity index (χ0n) is 11.3. The predicted molar refractivity (Wildman–Crippen MR) is 75.5 cm³/mol. The van der Waals surface area contributed by atoms with Crippen molar-refractivity contribution in [2.75, 3.05) is 0 Å². The zero-order chi connectivity index (χ0) is 15.6. The molecule has 1 aromatic heterocycles. The summed E-state index contributed by atoms with van der Waals surface area (Å²) in [6, 6.07) is 13.6. The Bertz CT molecular complexity index is 733. The molecule has 0 atom stereocenters. The van der Waals surface area contributed by atoms with E-state index < -0.39 is 11.7 Å². The van der Waals surface area contributed by atoms with E-state index in [0.29, 0.717) is 11.5 Å². The quantitative estimate of drug-likeness (QED) is 0.748. The molecule has 3 nitrogen and oxygen atoms in total. The molecule has 0 aliphatic heterocycles. The number of rotatable bonds is 3. The van der Waals surface area contributed by atoms with Gasteiger partial charge in [-0.25, -0.2) is 0 Å². The molecule has 0 radical (unpaired) electrons. The van der Waals surface area contributed by atoms with Crippen molar-refractivity contribution in [2.45, 2.75) is 6.18 Å². The summed E-state index contributed by atoms with van der Waals surface area (Å²) >= 11 is 0. The fourth-order valence-corrected chi connectivity index (χ4v) is 1.97. The third-order valence-corrected chi connectivity index (χ3v) is 3.08. The number of nitrogens with one attached hydrogen (secondary N) is 1. The van der Waals surface area contributed by atoms with E-state index in [1.165, 1.54) is 12.1 Å². The first-order valence-electron chi connectivity index (χ1n) is 6.47. The number of alkyl halides is 3. The molecule has 0 saturated carbocycles. The molecule has 3 aromatic rings. The number of benzene rings is 2. The number of aromatic amines is 1. The highest BCUT2D eigenvalue weighted by Crippen LogP contribution is 2.31. The molecular formula is C16H11F3N2O. The summed E-state index contributed by atoms with van der Waals surface area (Å²) < 4.78 is 43.0. The second-order valence-electron chi connectivity index (χ2n) is 4.62. The van der Waals surface area contributed by atoms with Gasteiger partial charge in [0.15, 0.2) is 0 Å². The van der Waals surface area contributed by atoms with Crippen LogP contribution in [0.1, 0.15) is 5.56 Å². The minimum atomic E-state index is -4.34. The number of aromatic nitrogens is 2. The molecule has 0 amide bonds. The van der Waals surface area contributed by atoms with E-state index in [1.807, 2.05) is 18.2 Å². The molecule has 0 aliphatic rings. The van der Waals surface area contributed by atoms with Gasteiger partial charge in [-0.2, -0.15) is 18.3 Å². The lowest BCUT2D eigenvalue weighted by atomic mass is 10.1. The molecule has 22 heavy (non-hydrogen) atoms. The van der Waals surface area contributed by atoms with Crippen molar-refractivity contribution in [2.24, 2.45) is 0 Å². The number of hydrogen-bond acceptors (Lipinski definition) is 2. The van der Waals surface area contributed by atoms with Crippen LogP contribution in [0.15, 0.2) is 60.8 Å². The highest BCUT2D eigenvalue weighted by molar-refractivity contribution is 5.59. The van der Waals surface area contributed by atoms with Gasteiger partial charge < -0.3 is 4.74 Å².